The lowest BCUT2D eigenvalue weighted by Crippen LogP contribution is -2.25. The van der Waals surface area contributed by atoms with Crippen LogP contribution in [0.25, 0.3) is 0 Å². The number of halogens is 1. The number of aromatic nitrogens is 2. The predicted molar refractivity (Wildman–Crippen MR) is 68.4 cm³/mol. The van der Waals surface area contributed by atoms with Crippen LogP contribution >= 0.6 is 11.6 Å². The van der Waals surface area contributed by atoms with Gasteiger partial charge in [0.2, 0.25) is 0 Å². The number of benzene rings is 1. The molecule has 0 spiro atoms. The molecule has 1 heterocycles. The highest BCUT2D eigenvalue weighted by Crippen LogP contribution is 2.04. The molecule has 5 heteroatoms. The molecule has 0 saturated heterocycles. The minimum atomic E-state index is -0.288. The van der Waals surface area contributed by atoms with Gasteiger partial charge >= 0.3 is 5.69 Å². The molecular weight excluding hydrogens is 238 g/mol. The molecule has 0 fully saturated rings. The van der Waals surface area contributed by atoms with E-state index in [1.165, 1.54) is 10.8 Å². The van der Waals surface area contributed by atoms with Crippen molar-refractivity contribution in [1.29, 1.82) is 0 Å². The zero-order valence-electron chi connectivity index (χ0n) is 9.14. The monoisotopic (exact) mass is 249 g/mol. The van der Waals surface area contributed by atoms with Crippen molar-refractivity contribution in [1.82, 2.24) is 9.55 Å². The van der Waals surface area contributed by atoms with E-state index in [0.29, 0.717) is 18.1 Å². The quantitative estimate of drug-likeness (QED) is 0.902. The third kappa shape index (κ3) is 3.32. The van der Waals surface area contributed by atoms with E-state index in [9.17, 15) is 4.79 Å². The van der Waals surface area contributed by atoms with Crippen LogP contribution in [-0.2, 0) is 6.54 Å². The van der Waals surface area contributed by atoms with E-state index in [1.807, 2.05) is 30.3 Å². The van der Waals surface area contributed by atoms with Crippen LogP contribution in [0.1, 0.15) is 0 Å². The molecule has 0 radical (unpaired) electrons. The molecule has 1 aromatic heterocycles. The molecule has 0 aliphatic rings. The Balaban J connectivity index is 1.94. The summed E-state index contributed by atoms with van der Waals surface area (Å²) < 4.78 is 1.48. The van der Waals surface area contributed by atoms with Gasteiger partial charge in [-0.2, -0.15) is 0 Å². The Hall–Kier alpha value is -1.81. The smallest absolute Gasteiger partial charge is 0.347 e. The van der Waals surface area contributed by atoms with Crippen LogP contribution in [0.2, 0.25) is 5.02 Å². The lowest BCUT2D eigenvalue weighted by Gasteiger charge is -2.07. The van der Waals surface area contributed by atoms with Crippen molar-refractivity contribution in [3.63, 3.8) is 0 Å². The van der Waals surface area contributed by atoms with Crippen molar-refractivity contribution in [2.75, 3.05) is 11.9 Å². The van der Waals surface area contributed by atoms with E-state index in [-0.39, 0.29) is 5.69 Å². The summed E-state index contributed by atoms with van der Waals surface area (Å²) in [6, 6.07) is 9.81. The zero-order valence-corrected chi connectivity index (χ0v) is 9.89. The highest BCUT2D eigenvalue weighted by molar-refractivity contribution is 6.30. The SMILES string of the molecule is O=c1ncc(Cl)cn1CCNc1ccccc1. The Morgan fingerprint density at radius 3 is 2.82 bits per heavy atom. The minimum Gasteiger partial charge on any atom is -0.383 e. The molecule has 2 aromatic rings. The lowest BCUT2D eigenvalue weighted by molar-refractivity contribution is 0.674. The number of hydrogen-bond donors (Lipinski definition) is 1. The third-order valence-corrected chi connectivity index (χ3v) is 2.47. The summed E-state index contributed by atoms with van der Waals surface area (Å²) in [5.74, 6) is 0. The van der Waals surface area contributed by atoms with Gasteiger partial charge in [0.05, 0.1) is 11.2 Å². The van der Waals surface area contributed by atoms with Crippen molar-refractivity contribution in [2.45, 2.75) is 6.54 Å². The highest BCUT2D eigenvalue weighted by Gasteiger charge is 1.98. The van der Waals surface area contributed by atoms with Crippen LogP contribution in [-0.4, -0.2) is 16.1 Å². The molecule has 0 atom stereocenters. The van der Waals surface area contributed by atoms with E-state index in [0.717, 1.165) is 5.69 Å². The van der Waals surface area contributed by atoms with E-state index < -0.39 is 0 Å². The van der Waals surface area contributed by atoms with Crippen LogP contribution < -0.4 is 11.0 Å². The second-order valence-corrected chi connectivity index (χ2v) is 3.98. The molecular formula is C12H12ClN3O. The second-order valence-electron chi connectivity index (χ2n) is 3.54. The average molecular weight is 250 g/mol. The Kier molecular flexibility index (Phi) is 3.77. The van der Waals surface area contributed by atoms with Gasteiger partial charge < -0.3 is 5.32 Å². The maximum absolute atomic E-state index is 11.4. The highest BCUT2D eigenvalue weighted by atomic mass is 35.5. The standard InChI is InChI=1S/C12H12ClN3O/c13-10-8-15-12(17)16(9-10)7-6-14-11-4-2-1-3-5-11/h1-5,8-9,14H,6-7H2. The largest absolute Gasteiger partial charge is 0.383 e. The lowest BCUT2D eigenvalue weighted by atomic mass is 10.3. The average Bonchev–Trinajstić information content (AvgIpc) is 2.35. The first kappa shape index (κ1) is 11.7. The zero-order chi connectivity index (χ0) is 12.1. The van der Waals surface area contributed by atoms with Gasteiger partial charge in [-0.3, -0.25) is 4.57 Å². The van der Waals surface area contributed by atoms with E-state index in [2.05, 4.69) is 10.3 Å². The van der Waals surface area contributed by atoms with Crippen molar-refractivity contribution in [2.24, 2.45) is 0 Å². The molecule has 0 amide bonds. The number of nitrogens with one attached hydrogen (secondary N) is 1. The molecule has 0 aliphatic heterocycles. The number of anilines is 1. The molecule has 1 aromatic carbocycles. The minimum absolute atomic E-state index is 0.288. The van der Waals surface area contributed by atoms with Crippen LogP contribution in [0.5, 0.6) is 0 Å². The number of para-hydroxylation sites is 1. The first-order valence-corrected chi connectivity index (χ1v) is 5.64. The Morgan fingerprint density at radius 1 is 1.29 bits per heavy atom. The van der Waals surface area contributed by atoms with E-state index >= 15 is 0 Å². The fraction of sp³-hybridized carbons (Fsp3) is 0.167. The van der Waals surface area contributed by atoms with Crippen LogP contribution in [0.15, 0.2) is 47.5 Å². The molecule has 2 rings (SSSR count). The summed E-state index contributed by atoms with van der Waals surface area (Å²) in [5.41, 5.74) is 0.736. The van der Waals surface area contributed by atoms with Gasteiger partial charge in [0, 0.05) is 25.0 Å². The van der Waals surface area contributed by atoms with Crippen LogP contribution in [0.4, 0.5) is 5.69 Å². The maximum Gasteiger partial charge on any atom is 0.347 e. The second kappa shape index (κ2) is 5.50. The molecule has 0 saturated carbocycles. The normalized spacial score (nSPS) is 10.2. The Labute approximate surface area is 104 Å². The van der Waals surface area contributed by atoms with E-state index in [4.69, 9.17) is 11.6 Å². The molecule has 1 N–H and O–H groups in total. The topological polar surface area (TPSA) is 46.9 Å². The third-order valence-electron chi connectivity index (χ3n) is 2.28. The summed E-state index contributed by atoms with van der Waals surface area (Å²) in [6.07, 6.45) is 2.94. The Bertz CT molecular complexity index is 539. The predicted octanol–water partition coefficient (Wildman–Crippen LogP) is 2.01. The van der Waals surface area contributed by atoms with Gasteiger partial charge in [-0.1, -0.05) is 29.8 Å². The summed E-state index contributed by atoms with van der Waals surface area (Å²) in [6.45, 7) is 1.17. The van der Waals surface area contributed by atoms with Gasteiger partial charge in [0.15, 0.2) is 0 Å². The maximum atomic E-state index is 11.4. The summed E-state index contributed by atoms with van der Waals surface area (Å²) in [4.78, 5) is 15.0. The van der Waals surface area contributed by atoms with E-state index in [1.54, 1.807) is 6.20 Å². The first-order chi connectivity index (χ1) is 8.25. The van der Waals surface area contributed by atoms with Crippen molar-refractivity contribution in [3.8, 4) is 0 Å². The van der Waals surface area contributed by atoms with Crippen LogP contribution in [0, 0.1) is 0 Å². The molecule has 4 nitrogen and oxygen atoms in total. The summed E-state index contributed by atoms with van der Waals surface area (Å²) in [7, 11) is 0. The van der Waals surface area contributed by atoms with Gasteiger partial charge in [0.25, 0.3) is 0 Å². The fourth-order valence-corrected chi connectivity index (χ4v) is 1.63. The fourth-order valence-electron chi connectivity index (χ4n) is 1.47. The van der Waals surface area contributed by atoms with Gasteiger partial charge in [-0.25, -0.2) is 9.78 Å². The van der Waals surface area contributed by atoms with Gasteiger partial charge in [0.1, 0.15) is 0 Å². The van der Waals surface area contributed by atoms with Gasteiger partial charge in [-0.05, 0) is 12.1 Å². The molecule has 88 valence electrons. The van der Waals surface area contributed by atoms with Crippen LogP contribution in [0.3, 0.4) is 0 Å². The van der Waals surface area contributed by atoms with Crippen molar-refractivity contribution >= 4 is 17.3 Å². The number of hydrogen-bond acceptors (Lipinski definition) is 3. The summed E-state index contributed by atoms with van der Waals surface area (Å²) >= 11 is 5.77. The molecule has 0 bridgehead atoms. The summed E-state index contributed by atoms with van der Waals surface area (Å²) in [5, 5.41) is 3.67. The van der Waals surface area contributed by atoms with Gasteiger partial charge in [-0.15, -0.1) is 0 Å². The van der Waals surface area contributed by atoms with Crippen molar-refractivity contribution in [3.05, 3.63) is 58.2 Å². The Morgan fingerprint density at radius 2 is 2.06 bits per heavy atom. The number of nitrogens with zero attached hydrogens (tertiary/aromatic N) is 2. The molecule has 0 unspecified atom stereocenters. The molecule has 0 aliphatic carbocycles. The van der Waals surface area contributed by atoms with Crippen molar-refractivity contribution < 1.29 is 0 Å². The molecule has 17 heavy (non-hydrogen) atoms. The first-order valence-electron chi connectivity index (χ1n) is 5.26. The number of rotatable bonds is 4.